The normalized spacial score (nSPS) is 6.00. The summed E-state index contributed by atoms with van der Waals surface area (Å²) in [4.78, 5) is 16.5. The second-order valence-corrected chi connectivity index (χ2v) is 1.45. The van der Waals surface area contributed by atoms with Gasteiger partial charge in [-0.05, 0) is 13.8 Å². The third-order valence-corrected chi connectivity index (χ3v) is 0. The molecule has 0 aromatic heterocycles. The highest BCUT2D eigenvalue weighted by Crippen LogP contribution is 1.44. The fourth-order valence-corrected chi connectivity index (χ4v) is 0. The van der Waals surface area contributed by atoms with E-state index in [2.05, 4.69) is 11.5 Å². The second kappa shape index (κ2) is 30.2. The molecule has 10 nitrogen and oxygen atoms in total. The minimum Gasteiger partial charge on any atom is -0.358 e. The highest BCUT2D eigenvalue weighted by molar-refractivity contribution is 4.04. The van der Waals surface area contributed by atoms with E-state index in [1.165, 1.54) is 0 Å². The van der Waals surface area contributed by atoms with Gasteiger partial charge in [0.25, 0.3) is 0 Å². The maximum absolute atomic E-state index is 8.25. The number of quaternary nitrogens is 2. The van der Waals surface area contributed by atoms with Gasteiger partial charge in [-0.1, -0.05) is 0 Å². The first-order chi connectivity index (χ1) is 6.29. The van der Waals surface area contributed by atoms with Gasteiger partial charge < -0.3 is 42.1 Å². The maximum atomic E-state index is 8.25. The molecular formula is C4H16N4O6. The Balaban J connectivity index is -0.0000000482. The molecule has 88 valence electrons. The molecule has 0 radical (unpaired) electrons. The summed E-state index contributed by atoms with van der Waals surface area (Å²) in [6, 6.07) is 0. The van der Waals surface area contributed by atoms with Crippen LogP contribution < -0.4 is 11.5 Å². The third-order valence-electron chi connectivity index (χ3n) is 0. The first-order valence-electron chi connectivity index (χ1n) is 3.51. The van der Waals surface area contributed by atoms with Crippen LogP contribution in [-0.4, -0.2) is 23.3 Å². The molecule has 0 atom stereocenters. The Morgan fingerprint density at radius 2 is 0.857 bits per heavy atom. The van der Waals surface area contributed by atoms with Crippen molar-refractivity contribution in [3.05, 3.63) is 30.6 Å². The molecule has 0 aliphatic rings. The van der Waals surface area contributed by atoms with Crippen LogP contribution in [0.4, 0.5) is 0 Å². The predicted molar refractivity (Wildman–Crippen MR) is 47.6 cm³/mol. The van der Waals surface area contributed by atoms with E-state index in [4.69, 9.17) is 30.6 Å². The van der Waals surface area contributed by atoms with Gasteiger partial charge in [-0.25, -0.2) is 0 Å². The van der Waals surface area contributed by atoms with E-state index in [0.29, 0.717) is 0 Å². The van der Waals surface area contributed by atoms with Gasteiger partial charge in [-0.3, -0.25) is 0 Å². The molecule has 6 N–H and O–H groups in total. The number of hydrogen-bond donors (Lipinski definition) is 2. The van der Waals surface area contributed by atoms with Crippen LogP contribution in [0.2, 0.25) is 0 Å². The first kappa shape index (κ1) is 22.8. The van der Waals surface area contributed by atoms with Gasteiger partial charge in [0.15, 0.2) is 0 Å². The largest absolute Gasteiger partial charge is 0.358 e. The van der Waals surface area contributed by atoms with Crippen molar-refractivity contribution in [3.8, 4) is 0 Å². The van der Waals surface area contributed by atoms with E-state index in [9.17, 15) is 0 Å². The SMILES string of the molecule is CC[NH3+].CC[NH3+].O=[N+]([O-])[O-].O=[N+]([O-])[O-]. The van der Waals surface area contributed by atoms with Gasteiger partial charge in [0.05, 0.1) is 23.3 Å². The van der Waals surface area contributed by atoms with Crippen molar-refractivity contribution in [1.29, 1.82) is 0 Å². The summed E-state index contributed by atoms with van der Waals surface area (Å²) >= 11 is 0. The lowest BCUT2D eigenvalue weighted by molar-refractivity contribution is -0.403. The standard InChI is InChI=1S/2C2H7N.2NO3/c2*1-2-3;2*2-1(3)4/h2*2-3H2,1H3;;/q;;2*-1/p+2. The van der Waals surface area contributed by atoms with Gasteiger partial charge in [0.1, 0.15) is 0 Å². The molecule has 0 amide bonds. The van der Waals surface area contributed by atoms with Crippen LogP contribution in [0.25, 0.3) is 0 Å². The van der Waals surface area contributed by atoms with Gasteiger partial charge in [0.2, 0.25) is 0 Å². The first-order valence-corrected chi connectivity index (χ1v) is 3.51. The topological polar surface area (TPSA) is 188 Å². The van der Waals surface area contributed by atoms with Crippen LogP contribution in [-0.2, 0) is 0 Å². The van der Waals surface area contributed by atoms with Crippen molar-refractivity contribution < 1.29 is 21.6 Å². The van der Waals surface area contributed by atoms with E-state index in [0.717, 1.165) is 13.1 Å². The number of hydrogen-bond acceptors (Lipinski definition) is 6. The zero-order chi connectivity index (χ0) is 12.6. The summed E-state index contributed by atoms with van der Waals surface area (Å²) in [5, 5.41) is 29.5. The van der Waals surface area contributed by atoms with Crippen LogP contribution in [0.3, 0.4) is 0 Å². The van der Waals surface area contributed by atoms with Crippen molar-refractivity contribution in [2.45, 2.75) is 13.8 Å². The fraction of sp³-hybridized carbons (Fsp3) is 1.00. The van der Waals surface area contributed by atoms with E-state index in [1.807, 2.05) is 13.8 Å². The van der Waals surface area contributed by atoms with E-state index in [1.54, 1.807) is 0 Å². The van der Waals surface area contributed by atoms with Crippen molar-refractivity contribution in [2.75, 3.05) is 13.1 Å². The lowest BCUT2D eigenvalue weighted by Gasteiger charge is -1.74. The molecule has 0 saturated heterocycles. The van der Waals surface area contributed by atoms with Crippen molar-refractivity contribution in [2.24, 2.45) is 0 Å². The molecule has 0 unspecified atom stereocenters. The van der Waals surface area contributed by atoms with Crippen LogP contribution in [0.15, 0.2) is 0 Å². The second-order valence-electron chi connectivity index (χ2n) is 1.45. The molecule has 0 rings (SSSR count). The van der Waals surface area contributed by atoms with Gasteiger partial charge in [0, 0.05) is 0 Å². The lowest BCUT2D eigenvalue weighted by Crippen LogP contribution is -2.48. The molecule has 0 spiro atoms. The molecule has 0 bridgehead atoms. The average Bonchev–Trinajstić information content (AvgIpc) is 1.85. The van der Waals surface area contributed by atoms with Crippen molar-refractivity contribution >= 4 is 0 Å². The average molecular weight is 216 g/mol. The van der Waals surface area contributed by atoms with E-state index in [-0.39, 0.29) is 0 Å². The Labute approximate surface area is 80.3 Å². The molecule has 10 heteroatoms. The summed E-state index contributed by atoms with van der Waals surface area (Å²) < 4.78 is 0. The molecule has 0 heterocycles. The Hall–Kier alpha value is -1.68. The van der Waals surface area contributed by atoms with Gasteiger partial charge >= 0.3 is 0 Å². The summed E-state index contributed by atoms with van der Waals surface area (Å²) in [5.74, 6) is 0. The molecule has 14 heavy (non-hydrogen) atoms. The Morgan fingerprint density at radius 1 is 0.857 bits per heavy atom. The number of nitrogens with zero attached hydrogens (tertiary/aromatic N) is 2. The lowest BCUT2D eigenvalue weighted by atomic mass is 10.8. The molecule has 0 aliphatic carbocycles. The smallest absolute Gasteiger partial charge is 0.0711 e. The fourth-order valence-electron chi connectivity index (χ4n) is 0. The van der Waals surface area contributed by atoms with Crippen molar-refractivity contribution in [3.63, 3.8) is 0 Å². The predicted octanol–water partition coefficient (Wildman–Crippen LogP) is -1.98. The molecular weight excluding hydrogens is 200 g/mol. The van der Waals surface area contributed by atoms with Crippen LogP contribution >= 0.6 is 0 Å². The van der Waals surface area contributed by atoms with Crippen LogP contribution in [0.5, 0.6) is 0 Å². The Kier molecular flexibility index (Phi) is 49.2. The number of rotatable bonds is 0. The Morgan fingerprint density at radius 3 is 0.857 bits per heavy atom. The van der Waals surface area contributed by atoms with Crippen LogP contribution in [0.1, 0.15) is 13.8 Å². The Bertz CT molecular complexity index is 98.4. The molecule has 0 aromatic rings. The van der Waals surface area contributed by atoms with E-state index >= 15 is 0 Å². The highest BCUT2D eigenvalue weighted by Gasteiger charge is 1.46. The summed E-state index contributed by atoms with van der Waals surface area (Å²) in [5.41, 5.74) is 6.97. The minimum absolute atomic E-state index is 1.00. The zero-order valence-electron chi connectivity index (χ0n) is 8.17. The molecule has 0 aliphatic heterocycles. The summed E-state index contributed by atoms with van der Waals surface area (Å²) in [7, 11) is 0. The van der Waals surface area contributed by atoms with Gasteiger partial charge in [-0.2, -0.15) is 0 Å². The van der Waals surface area contributed by atoms with E-state index < -0.39 is 10.2 Å². The maximum Gasteiger partial charge on any atom is 0.0711 e. The van der Waals surface area contributed by atoms with Crippen LogP contribution in [0, 0.1) is 30.6 Å². The minimum atomic E-state index is -1.75. The highest BCUT2D eigenvalue weighted by atomic mass is 16.9. The van der Waals surface area contributed by atoms with Gasteiger partial charge in [-0.15, -0.1) is 0 Å². The molecule has 0 aromatic carbocycles. The summed E-state index contributed by atoms with van der Waals surface area (Å²) in [6.45, 7) is 6.03. The third kappa shape index (κ3) is 318. The summed E-state index contributed by atoms with van der Waals surface area (Å²) in [6.07, 6.45) is 0. The van der Waals surface area contributed by atoms with Crippen molar-refractivity contribution in [1.82, 2.24) is 0 Å². The zero-order valence-corrected chi connectivity index (χ0v) is 8.17. The molecule has 0 saturated carbocycles. The quantitative estimate of drug-likeness (QED) is 0.348. The molecule has 0 fully saturated rings. The monoisotopic (exact) mass is 216 g/mol.